The zero-order valence-electron chi connectivity index (χ0n) is 12.2. The van der Waals surface area contributed by atoms with E-state index in [0.29, 0.717) is 18.2 Å². The van der Waals surface area contributed by atoms with Gasteiger partial charge in [0.1, 0.15) is 5.69 Å². The predicted octanol–water partition coefficient (Wildman–Crippen LogP) is 2.76. The van der Waals surface area contributed by atoms with Crippen molar-refractivity contribution in [3.63, 3.8) is 0 Å². The Morgan fingerprint density at radius 1 is 1.42 bits per heavy atom. The number of aromatic nitrogens is 2. The van der Waals surface area contributed by atoms with Crippen LogP contribution in [0.3, 0.4) is 0 Å². The number of carbonyl (C=O) groups is 1. The Kier molecular flexibility index (Phi) is 6.35. The van der Waals surface area contributed by atoms with E-state index in [2.05, 4.69) is 24.3 Å². The minimum Gasteiger partial charge on any atom is -0.349 e. The van der Waals surface area contributed by atoms with Gasteiger partial charge in [-0.05, 0) is 18.4 Å². The molecule has 19 heavy (non-hydrogen) atoms. The molecule has 0 aliphatic heterocycles. The van der Waals surface area contributed by atoms with Crippen LogP contribution in [0.5, 0.6) is 0 Å². The Bertz CT molecular complexity index is 413. The van der Waals surface area contributed by atoms with Crippen molar-refractivity contribution >= 4 is 17.5 Å². The molecule has 1 amide bonds. The summed E-state index contributed by atoms with van der Waals surface area (Å²) in [4.78, 5) is 12.1. The van der Waals surface area contributed by atoms with Crippen LogP contribution in [0, 0.1) is 5.92 Å². The Balaban J connectivity index is 2.57. The summed E-state index contributed by atoms with van der Waals surface area (Å²) in [7, 11) is 1.78. The van der Waals surface area contributed by atoms with Crippen LogP contribution in [0.1, 0.15) is 49.8 Å². The molecule has 0 bridgehead atoms. The van der Waals surface area contributed by atoms with Gasteiger partial charge in [-0.25, -0.2) is 0 Å². The Morgan fingerprint density at radius 2 is 2.05 bits per heavy atom. The fraction of sp³-hybridized carbons (Fsp3) is 0.714. The Hall–Kier alpha value is -1.03. The summed E-state index contributed by atoms with van der Waals surface area (Å²) >= 11 is 6.31. The van der Waals surface area contributed by atoms with Crippen molar-refractivity contribution in [3.05, 3.63) is 17.5 Å². The van der Waals surface area contributed by atoms with E-state index < -0.39 is 0 Å². The third kappa shape index (κ3) is 4.23. The summed E-state index contributed by atoms with van der Waals surface area (Å²) in [6, 6.07) is 1.83. The maximum absolute atomic E-state index is 12.1. The lowest BCUT2D eigenvalue weighted by atomic mass is 9.99. The number of rotatable bonds is 7. The van der Waals surface area contributed by atoms with Crippen molar-refractivity contribution in [2.75, 3.05) is 6.54 Å². The van der Waals surface area contributed by atoms with Gasteiger partial charge in [0.2, 0.25) is 0 Å². The highest BCUT2D eigenvalue weighted by molar-refractivity contribution is 6.21. The zero-order chi connectivity index (χ0) is 14.4. The maximum atomic E-state index is 12.1. The SMILES string of the molecule is CCc1cc(C(=O)NCC(Cl)C(CC)CC)n(C)n1. The second kappa shape index (κ2) is 7.53. The third-order valence-corrected chi connectivity index (χ3v) is 4.05. The van der Waals surface area contributed by atoms with Crippen molar-refractivity contribution in [1.82, 2.24) is 15.1 Å². The number of hydrogen-bond acceptors (Lipinski definition) is 2. The molecule has 108 valence electrons. The first-order valence-electron chi connectivity index (χ1n) is 6.98. The van der Waals surface area contributed by atoms with E-state index >= 15 is 0 Å². The van der Waals surface area contributed by atoms with Crippen LogP contribution in [-0.2, 0) is 13.5 Å². The van der Waals surface area contributed by atoms with E-state index in [4.69, 9.17) is 11.6 Å². The molecular weight excluding hydrogens is 262 g/mol. The fourth-order valence-electron chi connectivity index (χ4n) is 2.16. The second-order valence-corrected chi connectivity index (χ2v) is 5.36. The summed E-state index contributed by atoms with van der Waals surface area (Å²) in [5, 5.41) is 7.15. The third-order valence-electron chi connectivity index (χ3n) is 3.54. The highest BCUT2D eigenvalue weighted by Crippen LogP contribution is 2.17. The van der Waals surface area contributed by atoms with E-state index in [1.165, 1.54) is 0 Å². The van der Waals surface area contributed by atoms with Crippen molar-refractivity contribution in [3.8, 4) is 0 Å². The van der Waals surface area contributed by atoms with Crippen molar-refractivity contribution in [1.29, 1.82) is 0 Å². The molecule has 0 aliphatic rings. The van der Waals surface area contributed by atoms with Gasteiger partial charge in [0, 0.05) is 13.6 Å². The van der Waals surface area contributed by atoms with Crippen LogP contribution < -0.4 is 5.32 Å². The molecule has 5 heteroatoms. The predicted molar refractivity (Wildman–Crippen MR) is 78.6 cm³/mol. The number of hydrogen-bond donors (Lipinski definition) is 1. The number of carbonyl (C=O) groups excluding carboxylic acids is 1. The Labute approximate surface area is 120 Å². The smallest absolute Gasteiger partial charge is 0.269 e. The van der Waals surface area contributed by atoms with E-state index in [-0.39, 0.29) is 11.3 Å². The first-order valence-corrected chi connectivity index (χ1v) is 7.42. The average molecular weight is 286 g/mol. The first-order chi connectivity index (χ1) is 9.03. The van der Waals surface area contributed by atoms with Crippen LogP contribution in [0.25, 0.3) is 0 Å². The van der Waals surface area contributed by atoms with Crippen LogP contribution in [0.4, 0.5) is 0 Å². The maximum Gasteiger partial charge on any atom is 0.269 e. The van der Waals surface area contributed by atoms with Gasteiger partial charge in [-0.15, -0.1) is 11.6 Å². The van der Waals surface area contributed by atoms with Gasteiger partial charge >= 0.3 is 0 Å². The number of nitrogens with one attached hydrogen (secondary N) is 1. The number of aryl methyl sites for hydroxylation is 2. The molecular formula is C14H24ClN3O. The highest BCUT2D eigenvalue weighted by Gasteiger charge is 2.18. The summed E-state index contributed by atoms with van der Waals surface area (Å²) in [5.74, 6) is 0.339. The molecule has 1 atom stereocenters. The number of nitrogens with zero attached hydrogens (tertiary/aromatic N) is 2. The molecule has 1 unspecified atom stereocenters. The molecule has 4 nitrogen and oxygen atoms in total. The van der Waals surface area contributed by atoms with Crippen LogP contribution in [0.15, 0.2) is 6.07 Å². The molecule has 0 aromatic carbocycles. The lowest BCUT2D eigenvalue weighted by Crippen LogP contribution is -2.34. The number of alkyl halides is 1. The molecule has 1 aromatic heterocycles. The largest absolute Gasteiger partial charge is 0.349 e. The minimum absolute atomic E-state index is 0.0159. The molecule has 1 rings (SSSR count). The van der Waals surface area contributed by atoms with E-state index in [0.717, 1.165) is 25.0 Å². The Morgan fingerprint density at radius 3 is 2.53 bits per heavy atom. The first kappa shape index (κ1) is 16.0. The quantitative estimate of drug-likeness (QED) is 0.783. The van der Waals surface area contributed by atoms with Gasteiger partial charge in [-0.2, -0.15) is 5.10 Å². The fourth-order valence-corrected chi connectivity index (χ4v) is 2.59. The normalized spacial score (nSPS) is 12.7. The van der Waals surface area contributed by atoms with Gasteiger partial charge < -0.3 is 5.32 Å². The number of amides is 1. The van der Waals surface area contributed by atoms with E-state index in [9.17, 15) is 4.79 Å². The van der Waals surface area contributed by atoms with E-state index in [1.54, 1.807) is 11.7 Å². The van der Waals surface area contributed by atoms with Crippen molar-refractivity contribution < 1.29 is 4.79 Å². The standard InChI is InChI=1S/C14H24ClN3O/c1-5-10(6-2)12(15)9-16-14(19)13-8-11(7-3)17-18(13)4/h8,10,12H,5-7,9H2,1-4H3,(H,16,19). The molecule has 0 spiro atoms. The summed E-state index contributed by atoms with van der Waals surface area (Å²) in [6.45, 7) is 6.77. The van der Waals surface area contributed by atoms with Crippen LogP contribution in [0.2, 0.25) is 0 Å². The monoisotopic (exact) mass is 285 g/mol. The van der Waals surface area contributed by atoms with Gasteiger partial charge in [0.15, 0.2) is 0 Å². The van der Waals surface area contributed by atoms with Gasteiger partial charge in [0.25, 0.3) is 5.91 Å². The van der Waals surface area contributed by atoms with Crippen LogP contribution in [-0.4, -0.2) is 27.6 Å². The molecule has 1 aromatic rings. The summed E-state index contributed by atoms with van der Waals surface area (Å²) in [5.41, 5.74) is 1.51. The molecule has 0 saturated heterocycles. The summed E-state index contributed by atoms with van der Waals surface area (Å²) in [6.07, 6.45) is 2.89. The topological polar surface area (TPSA) is 46.9 Å². The molecule has 0 radical (unpaired) electrons. The average Bonchev–Trinajstić information content (AvgIpc) is 2.78. The molecule has 0 fully saturated rings. The minimum atomic E-state index is -0.105. The molecule has 0 saturated carbocycles. The highest BCUT2D eigenvalue weighted by atomic mass is 35.5. The zero-order valence-corrected chi connectivity index (χ0v) is 13.0. The lowest BCUT2D eigenvalue weighted by molar-refractivity contribution is 0.0942. The van der Waals surface area contributed by atoms with E-state index in [1.807, 2.05) is 13.0 Å². The molecule has 1 N–H and O–H groups in total. The van der Waals surface area contributed by atoms with Crippen molar-refractivity contribution in [2.24, 2.45) is 13.0 Å². The van der Waals surface area contributed by atoms with Gasteiger partial charge in [0.05, 0.1) is 11.1 Å². The lowest BCUT2D eigenvalue weighted by Gasteiger charge is -2.19. The molecule has 0 aliphatic carbocycles. The van der Waals surface area contributed by atoms with Crippen molar-refractivity contribution in [2.45, 2.75) is 45.4 Å². The van der Waals surface area contributed by atoms with Gasteiger partial charge in [-0.1, -0.05) is 33.6 Å². The van der Waals surface area contributed by atoms with Crippen LogP contribution >= 0.6 is 11.6 Å². The second-order valence-electron chi connectivity index (χ2n) is 4.80. The molecule has 1 heterocycles. The number of halogens is 1. The van der Waals surface area contributed by atoms with Gasteiger partial charge in [-0.3, -0.25) is 9.48 Å². The summed E-state index contributed by atoms with van der Waals surface area (Å²) < 4.78 is 1.62.